The van der Waals surface area contributed by atoms with Crippen LogP contribution in [0.4, 0.5) is 11.4 Å². The summed E-state index contributed by atoms with van der Waals surface area (Å²) in [5, 5.41) is 0.561. The van der Waals surface area contributed by atoms with Gasteiger partial charge in [-0.15, -0.1) is 0 Å². The van der Waals surface area contributed by atoms with Gasteiger partial charge in [-0.05, 0) is 36.8 Å². The Bertz CT molecular complexity index is 941. The Kier molecular flexibility index (Phi) is 5.48. The van der Waals surface area contributed by atoms with Crippen molar-refractivity contribution >= 4 is 34.8 Å². The van der Waals surface area contributed by atoms with Crippen LogP contribution in [0.15, 0.2) is 42.5 Å². The van der Waals surface area contributed by atoms with Crippen LogP contribution >= 0.6 is 11.6 Å². The quantitative estimate of drug-likeness (QED) is 0.774. The number of amides is 2. The number of hydrogen-bond acceptors (Lipinski definition) is 4. The molecule has 152 valence electrons. The Morgan fingerprint density at radius 1 is 1.07 bits per heavy atom. The fourth-order valence-corrected chi connectivity index (χ4v) is 4.33. The van der Waals surface area contributed by atoms with Crippen LogP contribution in [-0.2, 0) is 9.59 Å². The van der Waals surface area contributed by atoms with E-state index in [0.29, 0.717) is 10.7 Å². The molecule has 7 heteroatoms. The van der Waals surface area contributed by atoms with E-state index in [1.807, 2.05) is 31.2 Å². The predicted octanol–water partition coefficient (Wildman–Crippen LogP) is 1.69. The first-order valence-corrected chi connectivity index (χ1v) is 10.2. The fourth-order valence-electron chi connectivity index (χ4n) is 4.15. The molecule has 0 radical (unpaired) electrons. The van der Waals surface area contributed by atoms with Crippen LogP contribution in [0.5, 0.6) is 5.75 Å². The number of piperazine rings is 1. The molecule has 2 aromatic rings. The molecule has 2 aliphatic heterocycles. The van der Waals surface area contributed by atoms with Crippen molar-refractivity contribution < 1.29 is 19.2 Å². The van der Waals surface area contributed by atoms with Gasteiger partial charge in [0.05, 0.1) is 45.4 Å². The third kappa shape index (κ3) is 3.82. The lowest BCUT2D eigenvalue weighted by Gasteiger charge is -2.35. The van der Waals surface area contributed by atoms with E-state index in [1.54, 1.807) is 19.2 Å². The molecule has 2 aromatic carbocycles. The lowest BCUT2D eigenvalue weighted by molar-refractivity contribution is -0.915. The number of aryl methyl sites for hydroxylation is 1. The molecule has 29 heavy (non-hydrogen) atoms. The number of anilines is 2. The zero-order chi connectivity index (χ0) is 20.5. The van der Waals surface area contributed by atoms with E-state index in [-0.39, 0.29) is 24.3 Å². The van der Waals surface area contributed by atoms with Gasteiger partial charge in [-0.2, -0.15) is 0 Å². The standard InChI is InChI=1S/C22H24ClN3O3/c1-15-6-7-17(13-19(15)23)26-21(27)14-20(22(26)28)25-10-8-24(9-11-25)16-4-3-5-18(12-16)29-2/h3-7,12-13,20H,8-11,14H2,1-2H3/p+1/t20-/m1/s1. The molecule has 1 atom stereocenters. The van der Waals surface area contributed by atoms with Gasteiger partial charge >= 0.3 is 0 Å². The topological polar surface area (TPSA) is 54.3 Å². The Balaban J connectivity index is 1.44. The van der Waals surface area contributed by atoms with E-state index in [9.17, 15) is 9.59 Å². The van der Waals surface area contributed by atoms with Gasteiger partial charge in [-0.25, -0.2) is 4.90 Å². The molecule has 2 heterocycles. The van der Waals surface area contributed by atoms with Crippen LogP contribution < -0.4 is 19.4 Å². The average molecular weight is 415 g/mol. The molecular weight excluding hydrogens is 390 g/mol. The summed E-state index contributed by atoms with van der Waals surface area (Å²) in [6.45, 7) is 5.18. The highest BCUT2D eigenvalue weighted by atomic mass is 35.5. The molecule has 0 saturated carbocycles. The Morgan fingerprint density at radius 2 is 1.83 bits per heavy atom. The highest BCUT2D eigenvalue weighted by molar-refractivity contribution is 6.32. The minimum atomic E-state index is -0.324. The summed E-state index contributed by atoms with van der Waals surface area (Å²) in [4.78, 5) is 30.4. The number of benzene rings is 2. The molecule has 4 rings (SSSR count). The number of nitrogens with one attached hydrogen (secondary N) is 1. The minimum Gasteiger partial charge on any atom is -0.497 e. The minimum absolute atomic E-state index is 0.125. The van der Waals surface area contributed by atoms with Crippen LogP contribution in [0.1, 0.15) is 12.0 Å². The third-order valence-corrected chi connectivity index (χ3v) is 6.28. The maximum Gasteiger partial charge on any atom is 0.292 e. The molecule has 0 bridgehead atoms. The normalized spacial score (nSPS) is 20.4. The fraction of sp³-hybridized carbons (Fsp3) is 0.364. The number of ether oxygens (including phenoxy) is 1. The van der Waals surface area contributed by atoms with Crippen molar-refractivity contribution in [3.05, 3.63) is 53.1 Å². The van der Waals surface area contributed by atoms with Crippen molar-refractivity contribution in [2.75, 3.05) is 43.1 Å². The zero-order valence-corrected chi connectivity index (χ0v) is 17.4. The van der Waals surface area contributed by atoms with Crippen molar-refractivity contribution in [2.45, 2.75) is 19.4 Å². The van der Waals surface area contributed by atoms with Crippen molar-refractivity contribution in [1.29, 1.82) is 0 Å². The third-order valence-electron chi connectivity index (χ3n) is 5.88. The van der Waals surface area contributed by atoms with E-state index in [1.165, 1.54) is 9.80 Å². The summed E-state index contributed by atoms with van der Waals surface area (Å²) < 4.78 is 5.31. The van der Waals surface area contributed by atoms with Crippen LogP contribution in [0.2, 0.25) is 5.02 Å². The molecule has 2 aliphatic rings. The number of carbonyl (C=O) groups is 2. The number of quaternary nitrogens is 1. The first-order chi connectivity index (χ1) is 14.0. The van der Waals surface area contributed by atoms with Crippen LogP contribution in [0, 0.1) is 6.92 Å². The smallest absolute Gasteiger partial charge is 0.292 e. The van der Waals surface area contributed by atoms with Crippen molar-refractivity contribution in [1.82, 2.24) is 0 Å². The Hall–Kier alpha value is -2.57. The van der Waals surface area contributed by atoms with Gasteiger partial charge in [0.2, 0.25) is 5.91 Å². The Morgan fingerprint density at radius 3 is 2.52 bits per heavy atom. The number of hydrogen-bond donors (Lipinski definition) is 1. The van der Waals surface area contributed by atoms with Crippen molar-refractivity contribution in [3.63, 3.8) is 0 Å². The average Bonchev–Trinajstić information content (AvgIpc) is 3.04. The highest BCUT2D eigenvalue weighted by Crippen LogP contribution is 2.27. The first-order valence-electron chi connectivity index (χ1n) is 9.84. The summed E-state index contributed by atoms with van der Waals surface area (Å²) in [5.41, 5.74) is 2.60. The number of imide groups is 1. The number of methoxy groups -OCH3 is 1. The molecule has 0 aromatic heterocycles. The summed E-state index contributed by atoms with van der Waals surface area (Å²) in [5.74, 6) is 0.559. The molecular formula is C22H25ClN3O3+. The zero-order valence-electron chi connectivity index (χ0n) is 16.7. The molecule has 0 aliphatic carbocycles. The van der Waals surface area contributed by atoms with E-state index in [4.69, 9.17) is 16.3 Å². The maximum atomic E-state index is 13.1. The highest BCUT2D eigenvalue weighted by Gasteiger charge is 2.46. The van der Waals surface area contributed by atoms with Gasteiger partial charge < -0.3 is 14.5 Å². The molecule has 2 saturated heterocycles. The molecule has 1 N–H and O–H groups in total. The Labute approximate surface area is 175 Å². The predicted molar refractivity (Wildman–Crippen MR) is 113 cm³/mol. The molecule has 2 fully saturated rings. The number of carbonyl (C=O) groups excluding carboxylic acids is 2. The maximum absolute atomic E-state index is 13.1. The largest absolute Gasteiger partial charge is 0.497 e. The first kappa shape index (κ1) is 19.7. The van der Waals surface area contributed by atoms with Gasteiger partial charge in [0.15, 0.2) is 6.04 Å². The van der Waals surface area contributed by atoms with Crippen molar-refractivity contribution in [2.24, 2.45) is 0 Å². The second kappa shape index (κ2) is 8.05. The van der Waals surface area contributed by atoms with E-state index in [2.05, 4.69) is 11.0 Å². The van der Waals surface area contributed by atoms with Gasteiger partial charge in [0.25, 0.3) is 5.91 Å². The summed E-state index contributed by atoms with van der Waals surface area (Å²) in [7, 11) is 1.66. The van der Waals surface area contributed by atoms with Crippen LogP contribution in [0.25, 0.3) is 0 Å². The molecule has 2 amide bonds. The summed E-state index contributed by atoms with van der Waals surface area (Å²) in [6.07, 6.45) is 0.249. The van der Waals surface area contributed by atoms with Crippen molar-refractivity contribution in [3.8, 4) is 5.75 Å². The van der Waals surface area contributed by atoms with Gasteiger partial charge in [0.1, 0.15) is 5.75 Å². The van der Waals surface area contributed by atoms with E-state index in [0.717, 1.165) is 43.2 Å². The van der Waals surface area contributed by atoms with Gasteiger partial charge in [-0.3, -0.25) is 9.59 Å². The SMILES string of the molecule is COc1cccc(N2CC[NH+]([C@@H]3CC(=O)N(c4ccc(C)c(Cl)c4)C3=O)CC2)c1. The van der Waals surface area contributed by atoms with Crippen LogP contribution in [-0.4, -0.2) is 51.1 Å². The summed E-state index contributed by atoms with van der Waals surface area (Å²) in [6, 6.07) is 13.0. The van der Waals surface area contributed by atoms with E-state index >= 15 is 0 Å². The second-order valence-electron chi connectivity index (χ2n) is 7.60. The second-order valence-corrected chi connectivity index (χ2v) is 8.01. The number of halogens is 1. The van der Waals surface area contributed by atoms with Crippen LogP contribution in [0.3, 0.4) is 0 Å². The van der Waals surface area contributed by atoms with Gasteiger partial charge in [0, 0.05) is 16.8 Å². The summed E-state index contributed by atoms with van der Waals surface area (Å²) >= 11 is 6.20. The monoisotopic (exact) mass is 414 g/mol. The number of rotatable bonds is 4. The van der Waals surface area contributed by atoms with E-state index < -0.39 is 0 Å². The van der Waals surface area contributed by atoms with Gasteiger partial charge in [-0.1, -0.05) is 23.7 Å². The molecule has 6 nitrogen and oxygen atoms in total. The number of nitrogens with zero attached hydrogens (tertiary/aromatic N) is 2. The molecule has 0 spiro atoms. The molecule has 0 unspecified atom stereocenters. The lowest BCUT2D eigenvalue weighted by atomic mass is 10.1. The lowest BCUT2D eigenvalue weighted by Crippen LogP contribution is -3.19.